The van der Waals surface area contributed by atoms with E-state index in [2.05, 4.69) is 10.3 Å². The van der Waals surface area contributed by atoms with Crippen LogP contribution >= 0.6 is 23.1 Å². The van der Waals surface area contributed by atoms with Crippen LogP contribution in [0, 0.1) is 0 Å². The number of hydrogen-bond donors (Lipinski definition) is 1. The summed E-state index contributed by atoms with van der Waals surface area (Å²) in [6.07, 6.45) is -2.53. The van der Waals surface area contributed by atoms with Gasteiger partial charge in [-0.15, -0.1) is 11.8 Å². The van der Waals surface area contributed by atoms with E-state index < -0.39 is 17.6 Å². The average molecular weight is 368 g/mol. The predicted octanol–water partition coefficient (Wildman–Crippen LogP) is 5.29. The van der Waals surface area contributed by atoms with E-state index in [0.29, 0.717) is 5.13 Å². The van der Waals surface area contributed by atoms with E-state index in [1.807, 2.05) is 24.5 Å². The van der Waals surface area contributed by atoms with Crippen LogP contribution in [0.5, 0.6) is 0 Å². The van der Waals surface area contributed by atoms with E-state index in [9.17, 15) is 18.0 Å². The third-order valence-corrected chi connectivity index (χ3v) is 4.93. The lowest BCUT2D eigenvalue weighted by molar-refractivity contribution is -0.137. The minimum Gasteiger partial charge on any atom is -0.298 e. The zero-order chi connectivity index (χ0) is 17.3. The van der Waals surface area contributed by atoms with Crippen LogP contribution in [0.25, 0.3) is 10.2 Å². The van der Waals surface area contributed by atoms with E-state index in [4.69, 9.17) is 0 Å². The van der Waals surface area contributed by atoms with Gasteiger partial charge < -0.3 is 0 Å². The average Bonchev–Trinajstić information content (AvgIpc) is 2.95. The topological polar surface area (TPSA) is 42.0 Å². The first-order chi connectivity index (χ1) is 11.4. The summed E-state index contributed by atoms with van der Waals surface area (Å²) < 4.78 is 39.1. The molecule has 0 fully saturated rings. The molecule has 1 heterocycles. The normalized spacial score (nSPS) is 11.7. The molecule has 0 radical (unpaired) electrons. The van der Waals surface area contributed by atoms with Crippen LogP contribution in [0.4, 0.5) is 18.3 Å². The number of benzene rings is 2. The third kappa shape index (κ3) is 3.54. The largest absolute Gasteiger partial charge is 0.416 e. The van der Waals surface area contributed by atoms with Gasteiger partial charge in [-0.3, -0.25) is 10.1 Å². The zero-order valence-corrected chi connectivity index (χ0v) is 14.0. The Labute approximate surface area is 143 Å². The van der Waals surface area contributed by atoms with Gasteiger partial charge in [0, 0.05) is 10.5 Å². The van der Waals surface area contributed by atoms with Crippen molar-refractivity contribution >= 4 is 44.4 Å². The number of thioether (sulfide) groups is 1. The van der Waals surface area contributed by atoms with E-state index in [-0.39, 0.29) is 5.56 Å². The first-order valence-corrected chi connectivity index (χ1v) is 8.84. The number of fused-ring (bicyclic) bond motifs is 1. The molecule has 0 aliphatic heterocycles. The molecule has 3 aromatic rings. The van der Waals surface area contributed by atoms with Crippen LogP contribution in [0.1, 0.15) is 15.9 Å². The van der Waals surface area contributed by atoms with Gasteiger partial charge in [-0.2, -0.15) is 13.2 Å². The highest BCUT2D eigenvalue weighted by Crippen LogP contribution is 2.31. The summed E-state index contributed by atoms with van der Waals surface area (Å²) in [5, 5.41) is 2.91. The Kier molecular flexibility index (Phi) is 4.51. The maximum Gasteiger partial charge on any atom is 0.416 e. The number of amides is 1. The third-order valence-electron chi connectivity index (χ3n) is 3.27. The number of carbonyl (C=O) groups is 1. The Morgan fingerprint density at radius 3 is 2.71 bits per heavy atom. The summed E-state index contributed by atoms with van der Waals surface area (Å²) in [7, 11) is 0. The number of carbonyl (C=O) groups excluding carboxylic acids is 1. The molecule has 2 aromatic carbocycles. The van der Waals surface area contributed by atoms with Gasteiger partial charge >= 0.3 is 6.18 Å². The summed E-state index contributed by atoms with van der Waals surface area (Å²) in [6.45, 7) is 0. The second-order valence-corrected chi connectivity index (χ2v) is 6.80. The number of halogens is 3. The van der Waals surface area contributed by atoms with Crippen molar-refractivity contribution in [3.63, 3.8) is 0 Å². The molecule has 0 aliphatic rings. The first-order valence-electron chi connectivity index (χ1n) is 6.80. The van der Waals surface area contributed by atoms with Gasteiger partial charge in [-0.05, 0) is 42.7 Å². The highest BCUT2D eigenvalue weighted by Gasteiger charge is 2.30. The highest BCUT2D eigenvalue weighted by atomic mass is 32.2. The molecular weight excluding hydrogens is 357 g/mol. The number of nitrogens with zero attached hydrogens (tertiary/aromatic N) is 1. The van der Waals surface area contributed by atoms with Crippen LogP contribution in [0.15, 0.2) is 47.4 Å². The van der Waals surface area contributed by atoms with E-state index in [1.165, 1.54) is 23.5 Å². The van der Waals surface area contributed by atoms with Gasteiger partial charge in [0.05, 0.1) is 15.8 Å². The molecule has 124 valence electrons. The van der Waals surface area contributed by atoms with Crippen molar-refractivity contribution in [1.29, 1.82) is 0 Å². The molecule has 24 heavy (non-hydrogen) atoms. The fourth-order valence-electron chi connectivity index (χ4n) is 2.09. The lowest BCUT2D eigenvalue weighted by Gasteiger charge is -2.08. The fraction of sp³-hybridized carbons (Fsp3) is 0.125. The summed E-state index contributed by atoms with van der Waals surface area (Å²) in [5.74, 6) is -0.620. The van der Waals surface area contributed by atoms with Crippen molar-refractivity contribution in [3.05, 3.63) is 53.6 Å². The van der Waals surface area contributed by atoms with Crippen molar-refractivity contribution in [2.24, 2.45) is 0 Å². The van der Waals surface area contributed by atoms with Gasteiger partial charge in [-0.25, -0.2) is 4.98 Å². The summed E-state index contributed by atoms with van der Waals surface area (Å²) >= 11 is 2.87. The number of anilines is 1. The molecule has 3 rings (SSSR count). The van der Waals surface area contributed by atoms with Gasteiger partial charge in [0.2, 0.25) is 0 Å². The Morgan fingerprint density at radius 2 is 2.00 bits per heavy atom. The highest BCUT2D eigenvalue weighted by molar-refractivity contribution is 7.98. The minimum atomic E-state index is -4.49. The van der Waals surface area contributed by atoms with Crippen molar-refractivity contribution in [2.75, 3.05) is 11.6 Å². The lowest BCUT2D eigenvalue weighted by atomic mass is 10.1. The number of hydrogen-bond acceptors (Lipinski definition) is 4. The van der Waals surface area contributed by atoms with Gasteiger partial charge in [-0.1, -0.05) is 17.4 Å². The number of alkyl halides is 3. The van der Waals surface area contributed by atoms with Gasteiger partial charge in [0.15, 0.2) is 5.13 Å². The number of nitrogens with one attached hydrogen (secondary N) is 1. The van der Waals surface area contributed by atoms with Crippen LogP contribution in [-0.4, -0.2) is 17.1 Å². The first kappa shape index (κ1) is 16.8. The van der Waals surface area contributed by atoms with E-state index >= 15 is 0 Å². The lowest BCUT2D eigenvalue weighted by Crippen LogP contribution is -2.13. The maximum absolute atomic E-state index is 12.7. The van der Waals surface area contributed by atoms with Crippen molar-refractivity contribution < 1.29 is 18.0 Å². The standard InChI is InChI=1S/C16H11F3N2OS2/c1-23-11-5-6-12-13(8-11)24-15(20-12)21-14(22)9-3-2-4-10(7-9)16(17,18)19/h2-8H,1H3,(H,20,21,22). The molecule has 1 amide bonds. The Hall–Kier alpha value is -2.06. The van der Waals surface area contributed by atoms with Gasteiger partial charge in [0.25, 0.3) is 5.91 Å². The number of aromatic nitrogens is 1. The van der Waals surface area contributed by atoms with Gasteiger partial charge in [0.1, 0.15) is 0 Å². The Morgan fingerprint density at radius 1 is 1.21 bits per heavy atom. The molecule has 0 aliphatic carbocycles. The van der Waals surface area contributed by atoms with Crippen molar-refractivity contribution in [2.45, 2.75) is 11.1 Å². The molecule has 0 saturated heterocycles. The van der Waals surface area contributed by atoms with Crippen molar-refractivity contribution in [3.8, 4) is 0 Å². The monoisotopic (exact) mass is 368 g/mol. The fourth-order valence-corrected chi connectivity index (χ4v) is 3.51. The summed E-state index contributed by atoms with van der Waals surface area (Å²) in [6, 6.07) is 10.0. The Bertz CT molecular complexity index is 906. The molecule has 1 aromatic heterocycles. The molecule has 0 atom stereocenters. The second kappa shape index (κ2) is 6.45. The smallest absolute Gasteiger partial charge is 0.298 e. The zero-order valence-electron chi connectivity index (χ0n) is 12.3. The molecule has 0 unspecified atom stereocenters. The van der Waals surface area contributed by atoms with Crippen LogP contribution < -0.4 is 5.32 Å². The molecule has 0 spiro atoms. The predicted molar refractivity (Wildman–Crippen MR) is 90.8 cm³/mol. The molecule has 1 N–H and O–H groups in total. The molecule has 3 nitrogen and oxygen atoms in total. The molecule has 0 saturated carbocycles. The SMILES string of the molecule is CSc1ccc2nc(NC(=O)c3cccc(C(F)(F)F)c3)sc2c1. The van der Waals surface area contributed by atoms with Crippen LogP contribution in [-0.2, 0) is 6.18 Å². The molecule has 0 bridgehead atoms. The van der Waals surface area contributed by atoms with E-state index in [0.717, 1.165) is 27.2 Å². The minimum absolute atomic E-state index is 0.0612. The summed E-state index contributed by atoms with van der Waals surface area (Å²) in [4.78, 5) is 17.5. The Balaban J connectivity index is 1.84. The summed E-state index contributed by atoms with van der Waals surface area (Å²) in [5.41, 5.74) is -0.185. The second-order valence-electron chi connectivity index (χ2n) is 4.89. The molecular formula is C16H11F3N2OS2. The number of rotatable bonds is 3. The van der Waals surface area contributed by atoms with Crippen molar-refractivity contribution in [1.82, 2.24) is 4.98 Å². The number of thiazole rings is 1. The maximum atomic E-state index is 12.7. The quantitative estimate of drug-likeness (QED) is 0.639. The molecule has 8 heteroatoms. The van der Waals surface area contributed by atoms with Crippen LogP contribution in [0.2, 0.25) is 0 Å². The van der Waals surface area contributed by atoms with E-state index in [1.54, 1.807) is 11.8 Å². The van der Waals surface area contributed by atoms with Crippen LogP contribution in [0.3, 0.4) is 0 Å².